The summed E-state index contributed by atoms with van der Waals surface area (Å²) in [5.41, 5.74) is 8.94. The minimum atomic E-state index is -1.13. The van der Waals surface area contributed by atoms with Crippen LogP contribution in [0, 0.1) is 0 Å². The monoisotopic (exact) mass is 547 g/mol. The molecule has 0 aromatic rings. The lowest BCUT2D eigenvalue weighted by molar-refractivity contribution is -0.173. The van der Waals surface area contributed by atoms with E-state index < -0.39 is 18.8 Å². The molecule has 10 heteroatoms. The van der Waals surface area contributed by atoms with E-state index in [1.807, 2.05) is 6.92 Å². The number of hydrogen-bond donors (Lipinski definition) is 2. The Morgan fingerprint density at radius 2 is 1.26 bits per heavy atom. The van der Waals surface area contributed by atoms with Crippen LogP contribution in [-0.2, 0) is 23.7 Å². The first-order valence-corrected chi connectivity index (χ1v) is 14.9. The van der Waals surface area contributed by atoms with Gasteiger partial charge in [0.25, 0.3) is 0 Å². The lowest BCUT2D eigenvalue weighted by Crippen LogP contribution is -2.45. The molecule has 0 spiro atoms. The third-order valence-electron chi connectivity index (χ3n) is 6.42. The predicted molar refractivity (Wildman–Crippen MR) is 150 cm³/mol. The Kier molecular flexibility index (Phi) is 25.6. The topological polar surface area (TPSA) is 135 Å². The van der Waals surface area contributed by atoms with Gasteiger partial charge < -0.3 is 33.9 Å². The summed E-state index contributed by atoms with van der Waals surface area (Å²) in [6.45, 7) is 13.3. The van der Waals surface area contributed by atoms with Crippen LogP contribution >= 0.6 is 0 Å². The standard InChI is InChI=1S/C28H57N3O7/c1-6-10-16-34-21-27(37-19-13-9-4)28(22-35-17-11-7-2)38-26(23(5)36-18-12-8-3)15-14-24(30-31-29)25(33)20-32/h23-28,32-33H,6-22H2,1-5H3/t23-,24-,25+,26+,27+,28?/m0/s1. The molecule has 38 heavy (non-hydrogen) atoms. The molecule has 0 amide bonds. The minimum Gasteiger partial charge on any atom is -0.394 e. The molecule has 226 valence electrons. The van der Waals surface area contributed by atoms with Crippen molar-refractivity contribution in [3.8, 4) is 0 Å². The summed E-state index contributed by atoms with van der Waals surface area (Å²) in [5, 5.41) is 23.2. The Bertz CT molecular complexity index is 567. The van der Waals surface area contributed by atoms with E-state index in [4.69, 9.17) is 29.2 Å². The van der Waals surface area contributed by atoms with Crippen LogP contribution in [0.5, 0.6) is 0 Å². The molecular formula is C28H57N3O7. The van der Waals surface area contributed by atoms with Crippen LogP contribution in [0.4, 0.5) is 0 Å². The molecule has 10 nitrogen and oxygen atoms in total. The van der Waals surface area contributed by atoms with Crippen molar-refractivity contribution in [2.24, 2.45) is 5.11 Å². The highest BCUT2D eigenvalue weighted by Gasteiger charge is 2.31. The SMILES string of the molecule is CCCCOCC(O[C@H](CC[C@H](N=[N+]=[N-])[C@H](O)CO)[C@H](C)OCCCC)[C@@H](COCCCC)OCCCC. The highest BCUT2D eigenvalue weighted by Crippen LogP contribution is 2.21. The first-order valence-electron chi connectivity index (χ1n) is 14.9. The van der Waals surface area contributed by atoms with Crippen molar-refractivity contribution in [3.05, 3.63) is 10.4 Å². The summed E-state index contributed by atoms with van der Waals surface area (Å²) < 4.78 is 31.0. The Morgan fingerprint density at radius 3 is 1.79 bits per heavy atom. The van der Waals surface area contributed by atoms with Crippen LogP contribution in [0.15, 0.2) is 5.11 Å². The first kappa shape index (κ1) is 37.0. The lowest BCUT2D eigenvalue weighted by atomic mass is 10.0. The van der Waals surface area contributed by atoms with Crippen LogP contribution < -0.4 is 0 Å². The number of aliphatic hydroxyl groups excluding tert-OH is 2. The lowest BCUT2D eigenvalue weighted by Gasteiger charge is -2.34. The summed E-state index contributed by atoms with van der Waals surface area (Å²) in [4.78, 5) is 2.85. The molecule has 0 saturated heterocycles. The van der Waals surface area contributed by atoms with E-state index in [-0.39, 0.29) is 24.4 Å². The Balaban J connectivity index is 5.75. The predicted octanol–water partition coefficient (Wildman–Crippen LogP) is 5.58. The van der Waals surface area contributed by atoms with E-state index in [0.717, 1.165) is 51.4 Å². The molecule has 0 rings (SSSR count). The smallest absolute Gasteiger partial charge is 0.110 e. The van der Waals surface area contributed by atoms with Gasteiger partial charge in [0, 0.05) is 31.3 Å². The largest absolute Gasteiger partial charge is 0.394 e. The van der Waals surface area contributed by atoms with Crippen molar-refractivity contribution in [2.45, 2.75) is 135 Å². The Morgan fingerprint density at radius 1 is 0.737 bits per heavy atom. The number of hydrogen-bond acceptors (Lipinski definition) is 8. The third kappa shape index (κ3) is 18.3. The minimum absolute atomic E-state index is 0.241. The summed E-state index contributed by atoms with van der Waals surface area (Å²) >= 11 is 0. The van der Waals surface area contributed by atoms with Crippen LogP contribution in [0.25, 0.3) is 10.4 Å². The average molecular weight is 548 g/mol. The van der Waals surface area contributed by atoms with Gasteiger partial charge in [-0.25, -0.2) is 0 Å². The van der Waals surface area contributed by atoms with Crippen molar-refractivity contribution in [3.63, 3.8) is 0 Å². The molecule has 1 unspecified atom stereocenters. The quantitative estimate of drug-likeness (QED) is 0.0565. The van der Waals surface area contributed by atoms with Gasteiger partial charge >= 0.3 is 0 Å². The molecule has 0 aromatic heterocycles. The maximum Gasteiger partial charge on any atom is 0.110 e. The molecule has 0 heterocycles. The van der Waals surface area contributed by atoms with E-state index >= 15 is 0 Å². The van der Waals surface area contributed by atoms with Gasteiger partial charge in [-0.15, -0.1) is 0 Å². The van der Waals surface area contributed by atoms with Gasteiger partial charge in [-0.3, -0.25) is 0 Å². The van der Waals surface area contributed by atoms with E-state index in [2.05, 4.69) is 37.7 Å². The number of rotatable bonds is 28. The van der Waals surface area contributed by atoms with Crippen LogP contribution in [0.3, 0.4) is 0 Å². The van der Waals surface area contributed by atoms with E-state index in [9.17, 15) is 10.2 Å². The van der Waals surface area contributed by atoms with Crippen LogP contribution in [-0.4, -0.2) is 93.0 Å². The highest BCUT2D eigenvalue weighted by molar-refractivity contribution is 4.81. The molecule has 0 aliphatic rings. The summed E-state index contributed by atoms with van der Waals surface area (Å²) in [6.07, 6.45) is 6.39. The molecule has 0 radical (unpaired) electrons. The Labute approximate surface area is 231 Å². The molecular weight excluding hydrogens is 490 g/mol. The second-order valence-corrected chi connectivity index (χ2v) is 9.86. The fourth-order valence-electron chi connectivity index (χ4n) is 3.78. The number of nitrogens with zero attached hydrogens (tertiary/aromatic N) is 3. The highest BCUT2D eigenvalue weighted by atomic mass is 16.6. The second-order valence-electron chi connectivity index (χ2n) is 9.86. The third-order valence-corrected chi connectivity index (χ3v) is 6.42. The first-order chi connectivity index (χ1) is 18.5. The van der Waals surface area contributed by atoms with Gasteiger partial charge in [-0.2, -0.15) is 0 Å². The fraction of sp³-hybridized carbons (Fsp3) is 1.00. The van der Waals surface area contributed by atoms with Crippen molar-refractivity contribution in [1.82, 2.24) is 0 Å². The fourth-order valence-corrected chi connectivity index (χ4v) is 3.78. The molecule has 6 atom stereocenters. The van der Waals surface area contributed by atoms with Gasteiger partial charge in [0.1, 0.15) is 12.2 Å². The zero-order chi connectivity index (χ0) is 28.4. The zero-order valence-corrected chi connectivity index (χ0v) is 24.8. The van der Waals surface area contributed by atoms with Crippen LogP contribution in [0.2, 0.25) is 0 Å². The summed E-state index contributed by atoms with van der Waals surface area (Å²) in [5.74, 6) is 0. The number of unbranched alkanes of at least 4 members (excludes halogenated alkanes) is 4. The van der Waals surface area contributed by atoms with Crippen molar-refractivity contribution >= 4 is 0 Å². The normalized spacial score (nSPS) is 16.4. The molecule has 0 aliphatic carbocycles. The number of azide groups is 1. The maximum atomic E-state index is 10.1. The van der Waals surface area contributed by atoms with Gasteiger partial charge in [-0.1, -0.05) is 58.5 Å². The molecule has 0 saturated carbocycles. The maximum absolute atomic E-state index is 10.1. The average Bonchev–Trinajstić information content (AvgIpc) is 2.92. The Hall–Kier alpha value is -0.970. The summed E-state index contributed by atoms with van der Waals surface area (Å²) in [7, 11) is 0. The van der Waals surface area contributed by atoms with Crippen LogP contribution in [0.1, 0.15) is 98.8 Å². The van der Waals surface area contributed by atoms with Gasteiger partial charge in [0.15, 0.2) is 0 Å². The van der Waals surface area contributed by atoms with Gasteiger partial charge in [-0.05, 0) is 51.0 Å². The zero-order valence-electron chi connectivity index (χ0n) is 24.8. The van der Waals surface area contributed by atoms with Gasteiger partial charge in [0.05, 0.1) is 44.2 Å². The van der Waals surface area contributed by atoms with Crippen molar-refractivity contribution < 1.29 is 33.9 Å². The van der Waals surface area contributed by atoms with E-state index in [0.29, 0.717) is 52.5 Å². The number of aliphatic hydroxyl groups is 2. The van der Waals surface area contributed by atoms with Gasteiger partial charge in [0.2, 0.25) is 0 Å². The van der Waals surface area contributed by atoms with Crippen molar-refractivity contribution in [2.75, 3.05) is 46.2 Å². The van der Waals surface area contributed by atoms with Crippen molar-refractivity contribution in [1.29, 1.82) is 0 Å². The molecule has 0 aliphatic heterocycles. The molecule has 2 N–H and O–H groups in total. The molecule has 0 aromatic carbocycles. The van der Waals surface area contributed by atoms with E-state index in [1.54, 1.807) is 0 Å². The molecule has 0 fully saturated rings. The second kappa shape index (κ2) is 26.3. The summed E-state index contributed by atoms with van der Waals surface area (Å²) in [6, 6.07) is -0.757. The number of ether oxygens (including phenoxy) is 5. The molecule has 0 bridgehead atoms. The van der Waals surface area contributed by atoms with E-state index in [1.165, 1.54) is 0 Å².